The highest BCUT2D eigenvalue weighted by Crippen LogP contribution is 2.26. The van der Waals surface area contributed by atoms with Gasteiger partial charge in [0.2, 0.25) is 0 Å². The van der Waals surface area contributed by atoms with Crippen LogP contribution in [0.1, 0.15) is 27.3 Å². The zero-order chi connectivity index (χ0) is 22.6. The Morgan fingerprint density at radius 3 is 2.55 bits per heavy atom. The number of aryl methyl sites for hydroxylation is 1. The highest BCUT2D eigenvalue weighted by atomic mass is 16.5. The standard InChI is InChI=1S/C26H29N5O2/c1-20-16-28-24(17-27-20)26(32)31-13-14-33-25-8-7-21(15-22(25)19-31)18-29-9-11-30(12-10-29)23-5-3-2-4-6-23/h2-8,15-17H,9-14,18-19H2,1H3. The maximum absolute atomic E-state index is 13.0. The summed E-state index contributed by atoms with van der Waals surface area (Å²) in [7, 11) is 0. The third kappa shape index (κ3) is 4.98. The van der Waals surface area contributed by atoms with Crippen LogP contribution in [0.5, 0.6) is 5.75 Å². The Hall–Kier alpha value is -3.45. The van der Waals surface area contributed by atoms with E-state index in [4.69, 9.17) is 4.74 Å². The summed E-state index contributed by atoms with van der Waals surface area (Å²) in [5, 5.41) is 0. The summed E-state index contributed by atoms with van der Waals surface area (Å²) in [6, 6.07) is 17.0. The second-order valence-electron chi connectivity index (χ2n) is 8.66. The number of hydrogen-bond acceptors (Lipinski definition) is 6. The van der Waals surface area contributed by atoms with Crippen molar-refractivity contribution in [2.75, 3.05) is 44.2 Å². The summed E-state index contributed by atoms with van der Waals surface area (Å²) in [6.45, 7) is 8.37. The topological polar surface area (TPSA) is 61.8 Å². The maximum atomic E-state index is 13.0. The third-order valence-corrected chi connectivity index (χ3v) is 6.29. The minimum absolute atomic E-state index is 0.110. The van der Waals surface area contributed by atoms with E-state index in [2.05, 4.69) is 62.2 Å². The number of piperazine rings is 1. The molecule has 1 fully saturated rings. The lowest BCUT2D eigenvalue weighted by atomic mass is 10.1. The summed E-state index contributed by atoms with van der Waals surface area (Å²) >= 11 is 0. The van der Waals surface area contributed by atoms with E-state index < -0.39 is 0 Å². The van der Waals surface area contributed by atoms with Crippen molar-refractivity contribution in [2.45, 2.75) is 20.0 Å². The molecule has 2 aromatic carbocycles. The molecule has 0 bridgehead atoms. The van der Waals surface area contributed by atoms with Gasteiger partial charge in [-0.25, -0.2) is 4.98 Å². The summed E-state index contributed by atoms with van der Waals surface area (Å²) in [5.74, 6) is 0.749. The molecule has 1 saturated heterocycles. The first-order valence-corrected chi connectivity index (χ1v) is 11.5. The van der Waals surface area contributed by atoms with E-state index in [1.165, 1.54) is 11.3 Å². The molecular weight excluding hydrogens is 414 g/mol. The molecule has 2 aliphatic heterocycles. The van der Waals surface area contributed by atoms with E-state index in [0.717, 1.165) is 49.7 Å². The fourth-order valence-corrected chi connectivity index (χ4v) is 4.45. The minimum atomic E-state index is -0.110. The van der Waals surface area contributed by atoms with Gasteiger partial charge in [-0.15, -0.1) is 0 Å². The van der Waals surface area contributed by atoms with E-state index in [9.17, 15) is 4.79 Å². The second kappa shape index (κ2) is 9.58. The average molecular weight is 444 g/mol. The predicted octanol–water partition coefficient (Wildman–Crippen LogP) is 3.14. The van der Waals surface area contributed by atoms with Gasteiger partial charge in [-0.2, -0.15) is 0 Å². The van der Waals surface area contributed by atoms with Gasteiger partial charge in [-0.1, -0.05) is 24.3 Å². The largest absolute Gasteiger partial charge is 0.491 e. The van der Waals surface area contributed by atoms with E-state index in [0.29, 0.717) is 25.4 Å². The number of carbonyl (C=O) groups excluding carboxylic acids is 1. The maximum Gasteiger partial charge on any atom is 0.274 e. The molecule has 2 aliphatic rings. The first kappa shape index (κ1) is 21.4. The van der Waals surface area contributed by atoms with Crippen molar-refractivity contribution >= 4 is 11.6 Å². The van der Waals surface area contributed by atoms with Crippen molar-refractivity contribution in [1.29, 1.82) is 0 Å². The van der Waals surface area contributed by atoms with Crippen molar-refractivity contribution in [3.63, 3.8) is 0 Å². The van der Waals surface area contributed by atoms with Gasteiger partial charge in [0.05, 0.1) is 18.4 Å². The van der Waals surface area contributed by atoms with Crippen LogP contribution in [-0.4, -0.2) is 65.0 Å². The smallest absolute Gasteiger partial charge is 0.274 e. The molecule has 3 heterocycles. The minimum Gasteiger partial charge on any atom is -0.491 e. The molecule has 0 unspecified atom stereocenters. The molecule has 0 radical (unpaired) electrons. The Labute approximate surface area is 194 Å². The number of rotatable bonds is 4. The average Bonchev–Trinajstić information content (AvgIpc) is 3.07. The van der Waals surface area contributed by atoms with Crippen LogP contribution in [0.2, 0.25) is 0 Å². The normalized spacial score (nSPS) is 16.6. The molecule has 5 rings (SSSR count). The lowest BCUT2D eigenvalue weighted by molar-refractivity contribution is 0.0726. The van der Waals surface area contributed by atoms with Crippen molar-refractivity contribution in [3.8, 4) is 5.75 Å². The Kier molecular flexibility index (Phi) is 6.21. The van der Waals surface area contributed by atoms with Crippen LogP contribution in [0.4, 0.5) is 5.69 Å². The number of aromatic nitrogens is 2. The molecule has 7 heteroatoms. The molecule has 3 aromatic rings. The van der Waals surface area contributed by atoms with E-state index in [1.807, 2.05) is 13.0 Å². The lowest BCUT2D eigenvalue weighted by Gasteiger charge is -2.36. The molecule has 0 atom stereocenters. The SMILES string of the molecule is Cc1cnc(C(=O)N2CCOc3ccc(CN4CCN(c5ccccc5)CC4)cc3C2)cn1. The van der Waals surface area contributed by atoms with Crippen LogP contribution >= 0.6 is 0 Å². The van der Waals surface area contributed by atoms with Gasteiger partial charge in [0, 0.05) is 56.7 Å². The molecule has 1 amide bonds. The molecule has 33 heavy (non-hydrogen) atoms. The van der Waals surface area contributed by atoms with Crippen molar-refractivity contribution < 1.29 is 9.53 Å². The Morgan fingerprint density at radius 2 is 1.79 bits per heavy atom. The Balaban J connectivity index is 1.24. The van der Waals surface area contributed by atoms with Crippen LogP contribution < -0.4 is 9.64 Å². The van der Waals surface area contributed by atoms with Gasteiger partial charge in [0.1, 0.15) is 18.1 Å². The van der Waals surface area contributed by atoms with Crippen LogP contribution in [0.25, 0.3) is 0 Å². The van der Waals surface area contributed by atoms with Crippen molar-refractivity contribution in [3.05, 3.63) is 83.4 Å². The van der Waals surface area contributed by atoms with Gasteiger partial charge < -0.3 is 14.5 Å². The number of hydrogen-bond donors (Lipinski definition) is 0. The van der Waals surface area contributed by atoms with E-state index in [-0.39, 0.29) is 5.91 Å². The molecular formula is C26H29N5O2. The summed E-state index contributed by atoms with van der Waals surface area (Å²) in [4.78, 5) is 28.2. The number of benzene rings is 2. The molecule has 7 nitrogen and oxygen atoms in total. The number of amides is 1. The quantitative estimate of drug-likeness (QED) is 0.617. The predicted molar refractivity (Wildman–Crippen MR) is 127 cm³/mol. The molecule has 0 N–H and O–H groups in total. The molecule has 0 saturated carbocycles. The van der Waals surface area contributed by atoms with E-state index >= 15 is 0 Å². The zero-order valence-electron chi connectivity index (χ0n) is 19.0. The van der Waals surface area contributed by atoms with Gasteiger partial charge in [0.15, 0.2) is 0 Å². The monoisotopic (exact) mass is 443 g/mol. The summed E-state index contributed by atoms with van der Waals surface area (Å²) in [5.41, 5.74) is 4.75. The first-order chi connectivity index (χ1) is 16.2. The van der Waals surface area contributed by atoms with Crippen LogP contribution in [0, 0.1) is 6.92 Å². The number of fused-ring (bicyclic) bond motifs is 1. The fourth-order valence-electron chi connectivity index (χ4n) is 4.45. The Morgan fingerprint density at radius 1 is 0.970 bits per heavy atom. The fraction of sp³-hybridized carbons (Fsp3) is 0.346. The van der Waals surface area contributed by atoms with Gasteiger partial charge >= 0.3 is 0 Å². The van der Waals surface area contributed by atoms with E-state index in [1.54, 1.807) is 17.3 Å². The highest BCUT2D eigenvalue weighted by Gasteiger charge is 2.23. The number of ether oxygens (including phenoxy) is 1. The van der Waals surface area contributed by atoms with Crippen molar-refractivity contribution in [1.82, 2.24) is 19.8 Å². The van der Waals surface area contributed by atoms with Crippen LogP contribution in [0.3, 0.4) is 0 Å². The number of anilines is 1. The van der Waals surface area contributed by atoms with Crippen LogP contribution in [-0.2, 0) is 13.1 Å². The second-order valence-corrected chi connectivity index (χ2v) is 8.66. The highest BCUT2D eigenvalue weighted by molar-refractivity contribution is 5.92. The van der Waals surface area contributed by atoms with Crippen LogP contribution in [0.15, 0.2) is 60.9 Å². The summed E-state index contributed by atoms with van der Waals surface area (Å²) < 4.78 is 5.94. The first-order valence-electron chi connectivity index (χ1n) is 11.5. The number of carbonyl (C=O) groups is 1. The lowest BCUT2D eigenvalue weighted by Crippen LogP contribution is -2.45. The van der Waals surface area contributed by atoms with Gasteiger partial charge in [-0.05, 0) is 36.8 Å². The third-order valence-electron chi connectivity index (χ3n) is 6.29. The van der Waals surface area contributed by atoms with Gasteiger partial charge in [0.25, 0.3) is 5.91 Å². The molecule has 0 aliphatic carbocycles. The molecule has 1 aromatic heterocycles. The van der Waals surface area contributed by atoms with Crippen molar-refractivity contribution in [2.24, 2.45) is 0 Å². The Bertz CT molecular complexity index is 1100. The summed E-state index contributed by atoms with van der Waals surface area (Å²) in [6.07, 6.45) is 3.18. The number of para-hydroxylation sites is 1. The zero-order valence-corrected chi connectivity index (χ0v) is 19.0. The number of nitrogens with zero attached hydrogens (tertiary/aromatic N) is 5. The molecule has 170 valence electrons. The molecule has 0 spiro atoms. The van der Waals surface area contributed by atoms with Gasteiger partial charge in [-0.3, -0.25) is 14.7 Å².